The number of nitrogens with one attached hydrogen (secondary N) is 2. The second-order valence-electron chi connectivity index (χ2n) is 7.39. The lowest BCUT2D eigenvalue weighted by molar-refractivity contribution is -0.150. The van der Waals surface area contributed by atoms with Crippen LogP contribution in [0.15, 0.2) is 60.7 Å². The van der Waals surface area contributed by atoms with E-state index in [0.29, 0.717) is 6.42 Å². The van der Waals surface area contributed by atoms with Crippen LogP contribution < -0.4 is 10.6 Å². The molecular weight excluding hydrogens is 396 g/mol. The highest BCUT2D eigenvalue weighted by atomic mass is 16.5. The first-order chi connectivity index (χ1) is 14.9. The van der Waals surface area contributed by atoms with Gasteiger partial charge < -0.3 is 20.1 Å². The number of carbonyl (C=O) groups excluding carboxylic acids is 3. The summed E-state index contributed by atoms with van der Waals surface area (Å²) in [5.41, 5.74) is 1.70. The van der Waals surface area contributed by atoms with Crippen LogP contribution >= 0.6 is 0 Å². The summed E-state index contributed by atoms with van der Waals surface area (Å²) in [6.07, 6.45) is -0.0370. The number of hydrogen-bond donors (Lipinski definition) is 2. The molecule has 3 atom stereocenters. The zero-order valence-corrected chi connectivity index (χ0v) is 18.2. The van der Waals surface area contributed by atoms with Crippen molar-refractivity contribution in [2.45, 2.75) is 52.5 Å². The predicted octanol–water partition coefficient (Wildman–Crippen LogP) is 3.58. The number of hydrogen-bond acceptors (Lipinski definition) is 5. The Hall–Kier alpha value is -3.35. The lowest BCUT2D eigenvalue weighted by Gasteiger charge is -2.24. The molecule has 2 N–H and O–H groups in total. The van der Waals surface area contributed by atoms with E-state index in [2.05, 4.69) is 10.6 Å². The Kier molecular flexibility index (Phi) is 9.55. The van der Waals surface area contributed by atoms with Gasteiger partial charge in [0.2, 0.25) is 5.91 Å². The van der Waals surface area contributed by atoms with Crippen LogP contribution in [0.25, 0.3) is 0 Å². The quantitative estimate of drug-likeness (QED) is 0.567. The molecule has 0 aliphatic carbocycles. The van der Waals surface area contributed by atoms with E-state index in [1.54, 1.807) is 0 Å². The Morgan fingerprint density at radius 2 is 1.32 bits per heavy atom. The van der Waals surface area contributed by atoms with Gasteiger partial charge in [0.25, 0.3) is 0 Å². The van der Waals surface area contributed by atoms with Gasteiger partial charge in [-0.15, -0.1) is 0 Å². The minimum absolute atomic E-state index is 0.0995. The predicted molar refractivity (Wildman–Crippen MR) is 117 cm³/mol. The summed E-state index contributed by atoms with van der Waals surface area (Å²) in [4.78, 5) is 37.2. The zero-order valence-electron chi connectivity index (χ0n) is 18.2. The lowest BCUT2D eigenvalue weighted by atomic mass is 9.99. The van der Waals surface area contributed by atoms with E-state index in [1.807, 2.05) is 74.5 Å². The third kappa shape index (κ3) is 8.12. The molecule has 2 aromatic carbocycles. The molecule has 31 heavy (non-hydrogen) atoms. The topological polar surface area (TPSA) is 93.7 Å². The molecule has 7 nitrogen and oxygen atoms in total. The molecule has 0 spiro atoms. The van der Waals surface area contributed by atoms with Crippen LogP contribution in [0.5, 0.6) is 0 Å². The van der Waals surface area contributed by atoms with Crippen molar-refractivity contribution in [2.24, 2.45) is 5.92 Å². The maximum atomic E-state index is 12.6. The van der Waals surface area contributed by atoms with Crippen molar-refractivity contribution in [3.05, 3.63) is 71.8 Å². The number of esters is 1. The van der Waals surface area contributed by atoms with E-state index in [0.717, 1.165) is 11.1 Å². The fourth-order valence-corrected chi connectivity index (χ4v) is 2.77. The molecule has 0 radical (unpaired) electrons. The zero-order chi connectivity index (χ0) is 22.6. The monoisotopic (exact) mass is 426 g/mol. The van der Waals surface area contributed by atoms with Gasteiger partial charge in [-0.3, -0.25) is 4.79 Å². The molecule has 0 saturated heterocycles. The van der Waals surface area contributed by atoms with Crippen molar-refractivity contribution in [3.8, 4) is 0 Å². The first-order valence-corrected chi connectivity index (χ1v) is 10.4. The second kappa shape index (κ2) is 12.4. The molecular formula is C24H30N2O5. The van der Waals surface area contributed by atoms with Crippen LogP contribution in [0, 0.1) is 5.92 Å². The number of carbonyl (C=O) groups is 3. The molecule has 0 aliphatic heterocycles. The number of rotatable bonds is 10. The van der Waals surface area contributed by atoms with Crippen molar-refractivity contribution >= 4 is 18.0 Å². The van der Waals surface area contributed by atoms with Crippen LogP contribution in [-0.4, -0.2) is 30.1 Å². The largest absolute Gasteiger partial charge is 0.459 e. The van der Waals surface area contributed by atoms with Crippen LogP contribution in [0.2, 0.25) is 0 Å². The van der Waals surface area contributed by atoms with E-state index in [1.165, 1.54) is 6.92 Å². The minimum atomic E-state index is -0.878. The van der Waals surface area contributed by atoms with Crippen LogP contribution in [-0.2, 0) is 32.3 Å². The standard InChI is InChI=1S/C24H30N2O5/c1-4-17(2)21(23(28)30-15-19-11-7-5-8-12-19)26-22(27)18(3)25-24(29)31-16-20-13-9-6-10-14-20/h5-14,17-18,21H,4,15-16H2,1-3H3,(H,25,29)(H,26,27)/t17-,18+,21-/m0/s1. The van der Waals surface area contributed by atoms with E-state index in [9.17, 15) is 14.4 Å². The molecule has 0 aliphatic rings. The summed E-state index contributed by atoms with van der Waals surface area (Å²) in [6.45, 7) is 5.55. The third-order valence-corrected chi connectivity index (χ3v) is 4.93. The van der Waals surface area contributed by atoms with Crippen molar-refractivity contribution < 1.29 is 23.9 Å². The highest BCUT2D eigenvalue weighted by Crippen LogP contribution is 2.12. The smallest absolute Gasteiger partial charge is 0.408 e. The number of amides is 2. The van der Waals surface area contributed by atoms with E-state index >= 15 is 0 Å². The fraction of sp³-hybridized carbons (Fsp3) is 0.375. The third-order valence-electron chi connectivity index (χ3n) is 4.93. The summed E-state index contributed by atoms with van der Waals surface area (Å²) >= 11 is 0. The van der Waals surface area contributed by atoms with Gasteiger partial charge >= 0.3 is 12.1 Å². The van der Waals surface area contributed by atoms with E-state index in [4.69, 9.17) is 9.47 Å². The average Bonchev–Trinajstić information content (AvgIpc) is 2.80. The molecule has 2 aromatic rings. The van der Waals surface area contributed by atoms with Crippen LogP contribution in [0.3, 0.4) is 0 Å². The highest BCUT2D eigenvalue weighted by molar-refractivity contribution is 5.89. The molecule has 7 heteroatoms. The van der Waals surface area contributed by atoms with E-state index in [-0.39, 0.29) is 19.1 Å². The summed E-state index contributed by atoms with van der Waals surface area (Å²) in [7, 11) is 0. The minimum Gasteiger partial charge on any atom is -0.459 e. The van der Waals surface area contributed by atoms with Crippen molar-refractivity contribution in [2.75, 3.05) is 0 Å². The lowest BCUT2D eigenvalue weighted by Crippen LogP contribution is -2.52. The Bertz CT molecular complexity index is 842. The van der Waals surface area contributed by atoms with E-state index < -0.39 is 30.1 Å². The number of ether oxygens (including phenoxy) is 2. The summed E-state index contributed by atoms with van der Waals surface area (Å²) in [5.74, 6) is -1.13. The SMILES string of the molecule is CC[C@H](C)[C@H](NC(=O)[C@@H](C)NC(=O)OCc1ccccc1)C(=O)OCc1ccccc1. The molecule has 166 valence electrons. The Morgan fingerprint density at radius 3 is 1.84 bits per heavy atom. The summed E-state index contributed by atoms with van der Waals surface area (Å²) < 4.78 is 10.5. The maximum absolute atomic E-state index is 12.6. The molecule has 0 bridgehead atoms. The van der Waals surface area contributed by atoms with Gasteiger partial charge in [0.1, 0.15) is 25.3 Å². The van der Waals surface area contributed by atoms with Crippen LogP contribution in [0.1, 0.15) is 38.3 Å². The second-order valence-corrected chi connectivity index (χ2v) is 7.39. The van der Waals surface area contributed by atoms with Crippen molar-refractivity contribution in [1.29, 1.82) is 0 Å². The summed E-state index contributed by atoms with van der Waals surface area (Å²) in [5, 5.41) is 5.18. The van der Waals surface area contributed by atoms with Gasteiger partial charge in [-0.1, -0.05) is 80.9 Å². The molecule has 0 fully saturated rings. The van der Waals surface area contributed by atoms with Gasteiger partial charge in [-0.2, -0.15) is 0 Å². The molecule has 0 unspecified atom stereocenters. The average molecular weight is 427 g/mol. The van der Waals surface area contributed by atoms with Crippen LogP contribution in [0.4, 0.5) is 4.79 Å². The molecule has 2 amide bonds. The Labute approximate surface area is 183 Å². The van der Waals surface area contributed by atoms with Gasteiger partial charge in [0, 0.05) is 0 Å². The first-order valence-electron chi connectivity index (χ1n) is 10.4. The van der Waals surface area contributed by atoms with Gasteiger partial charge in [-0.25, -0.2) is 9.59 Å². The normalized spacial score (nSPS) is 13.4. The van der Waals surface area contributed by atoms with Crippen molar-refractivity contribution in [3.63, 3.8) is 0 Å². The molecule has 2 rings (SSSR count). The highest BCUT2D eigenvalue weighted by Gasteiger charge is 2.29. The molecule has 0 heterocycles. The number of alkyl carbamates (subject to hydrolysis) is 1. The molecule has 0 aromatic heterocycles. The Balaban J connectivity index is 1.86. The van der Waals surface area contributed by atoms with Gasteiger partial charge in [0.15, 0.2) is 0 Å². The first kappa shape index (κ1) is 23.9. The van der Waals surface area contributed by atoms with Gasteiger partial charge in [0.05, 0.1) is 0 Å². The van der Waals surface area contributed by atoms with Crippen molar-refractivity contribution in [1.82, 2.24) is 10.6 Å². The maximum Gasteiger partial charge on any atom is 0.408 e. The number of benzene rings is 2. The fourth-order valence-electron chi connectivity index (χ4n) is 2.77. The molecule has 0 saturated carbocycles. The van der Waals surface area contributed by atoms with Gasteiger partial charge in [-0.05, 0) is 24.0 Å². The summed E-state index contributed by atoms with van der Waals surface area (Å²) in [6, 6.07) is 16.9. The Morgan fingerprint density at radius 1 is 0.806 bits per heavy atom.